The van der Waals surface area contributed by atoms with E-state index in [0.29, 0.717) is 0 Å². The quantitative estimate of drug-likeness (QED) is 0.814. The Balaban J connectivity index is 2.29. The Hall–Kier alpha value is -0.410. The highest BCUT2D eigenvalue weighted by molar-refractivity contribution is 7.11. The van der Waals surface area contributed by atoms with Crippen LogP contribution in [-0.4, -0.2) is 11.5 Å². The molecule has 2 rings (SSSR count). The number of rotatable bonds is 6. The molecule has 2 atom stereocenters. The van der Waals surface area contributed by atoms with Crippen molar-refractivity contribution in [1.82, 2.24) is 10.3 Å². The zero-order valence-electron chi connectivity index (χ0n) is 13.6. The minimum Gasteiger partial charge on any atom is -0.305 e. The van der Waals surface area contributed by atoms with E-state index in [4.69, 9.17) is 4.98 Å². The number of aryl methyl sites for hydroxylation is 2. The summed E-state index contributed by atoms with van der Waals surface area (Å²) in [7, 11) is 0. The van der Waals surface area contributed by atoms with Crippen molar-refractivity contribution < 1.29 is 0 Å². The van der Waals surface area contributed by atoms with Gasteiger partial charge in [0.2, 0.25) is 0 Å². The smallest absolute Gasteiger partial charge is 0.113 e. The maximum Gasteiger partial charge on any atom is 0.113 e. The average molecular weight is 295 g/mol. The van der Waals surface area contributed by atoms with Crippen LogP contribution < -0.4 is 5.32 Å². The molecule has 2 nitrogen and oxygen atoms in total. The number of aromatic nitrogens is 1. The summed E-state index contributed by atoms with van der Waals surface area (Å²) in [6, 6.07) is 0. The zero-order chi connectivity index (χ0) is 14.6. The Morgan fingerprint density at radius 3 is 2.75 bits per heavy atom. The summed E-state index contributed by atoms with van der Waals surface area (Å²) in [5.41, 5.74) is 1.47. The monoisotopic (exact) mass is 294 g/mol. The van der Waals surface area contributed by atoms with Crippen molar-refractivity contribution in [3.8, 4) is 0 Å². The Morgan fingerprint density at radius 2 is 2.15 bits per heavy atom. The second-order valence-electron chi connectivity index (χ2n) is 6.25. The lowest BCUT2D eigenvalue weighted by Gasteiger charge is -2.40. The standard InChI is InChI=1S/C17H30N2S/c1-5-11-18-17(10-8-9-14(6-2)12-17)16-19-15(7-3)13(4)20-16/h14,18H,5-12H2,1-4H3. The molecule has 1 fully saturated rings. The van der Waals surface area contributed by atoms with Gasteiger partial charge in [-0.2, -0.15) is 0 Å². The van der Waals surface area contributed by atoms with Crippen LogP contribution in [0.1, 0.15) is 74.9 Å². The molecular weight excluding hydrogens is 264 g/mol. The molecule has 3 heteroatoms. The van der Waals surface area contributed by atoms with Gasteiger partial charge in [0.25, 0.3) is 0 Å². The number of nitrogens with zero attached hydrogens (tertiary/aromatic N) is 1. The molecule has 0 amide bonds. The van der Waals surface area contributed by atoms with Crippen LogP contribution in [0.25, 0.3) is 0 Å². The van der Waals surface area contributed by atoms with Gasteiger partial charge in [0.15, 0.2) is 0 Å². The molecule has 1 N–H and O–H groups in total. The Labute approximate surface area is 128 Å². The first-order valence-electron chi connectivity index (χ1n) is 8.37. The minimum absolute atomic E-state index is 0.164. The van der Waals surface area contributed by atoms with Crippen LogP contribution in [0.2, 0.25) is 0 Å². The normalized spacial score (nSPS) is 26.9. The maximum absolute atomic E-state index is 5.00. The lowest BCUT2D eigenvalue weighted by atomic mass is 9.75. The highest BCUT2D eigenvalue weighted by atomic mass is 32.1. The summed E-state index contributed by atoms with van der Waals surface area (Å²) in [4.78, 5) is 6.42. The molecule has 2 unspecified atom stereocenters. The molecule has 1 aliphatic carbocycles. The Morgan fingerprint density at radius 1 is 1.35 bits per heavy atom. The fourth-order valence-corrected chi connectivity index (χ4v) is 4.70. The molecule has 0 radical (unpaired) electrons. The van der Waals surface area contributed by atoms with Crippen LogP contribution >= 0.6 is 11.3 Å². The predicted octanol–water partition coefficient (Wildman–Crippen LogP) is 4.81. The summed E-state index contributed by atoms with van der Waals surface area (Å²) in [6.07, 6.45) is 8.85. The van der Waals surface area contributed by atoms with E-state index < -0.39 is 0 Å². The molecular formula is C17H30N2S. The lowest BCUT2D eigenvalue weighted by Crippen LogP contribution is -2.46. The van der Waals surface area contributed by atoms with Gasteiger partial charge >= 0.3 is 0 Å². The van der Waals surface area contributed by atoms with E-state index in [2.05, 4.69) is 33.0 Å². The van der Waals surface area contributed by atoms with Gasteiger partial charge in [-0.3, -0.25) is 0 Å². The SMILES string of the molecule is CCCNC1(c2nc(CC)c(C)s2)CCCC(CC)C1. The van der Waals surface area contributed by atoms with E-state index in [0.717, 1.165) is 18.9 Å². The van der Waals surface area contributed by atoms with Crippen molar-refractivity contribution in [2.75, 3.05) is 6.54 Å². The van der Waals surface area contributed by atoms with Crippen LogP contribution in [0.3, 0.4) is 0 Å². The zero-order valence-corrected chi connectivity index (χ0v) is 14.4. The summed E-state index contributed by atoms with van der Waals surface area (Å²) in [5.74, 6) is 0.863. The molecule has 114 valence electrons. The first-order chi connectivity index (χ1) is 9.65. The van der Waals surface area contributed by atoms with E-state index in [1.165, 1.54) is 54.1 Å². The van der Waals surface area contributed by atoms with E-state index >= 15 is 0 Å². The molecule has 0 saturated heterocycles. The summed E-state index contributed by atoms with van der Waals surface area (Å²) < 4.78 is 0. The van der Waals surface area contributed by atoms with Crippen LogP contribution in [0.15, 0.2) is 0 Å². The maximum atomic E-state index is 5.00. The van der Waals surface area contributed by atoms with Crippen molar-refractivity contribution in [2.24, 2.45) is 5.92 Å². The predicted molar refractivity (Wildman–Crippen MR) is 88.4 cm³/mol. The average Bonchev–Trinajstić information content (AvgIpc) is 2.87. The number of hydrogen-bond donors (Lipinski definition) is 1. The molecule has 0 spiro atoms. The molecule has 1 aromatic rings. The van der Waals surface area contributed by atoms with E-state index in [1.54, 1.807) is 0 Å². The molecule has 20 heavy (non-hydrogen) atoms. The van der Waals surface area contributed by atoms with Crippen molar-refractivity contribution in [3.63, 3.8) is 0 Å². The van der Waals surface area contributed by atoms with Gasteiger partial charge in [-0.1, -0.05) is 40.0 Å². The van der Waals surface area contributed by atoms with Crippen molar-refractivity contribution in [3.05, 3.63) is 15.6 Å². The van der Waals surface area contributed by atoms with E-state index in [1.807, 2.05) is 11.3 Å². The van der Waals surface area contributed by atoms with Crippen LogP contribution in [0.4, 0.5) is 0 Å². The lowest BCUT2D eigenvalue weighted by molar-refractivity contribution is 0.174. The third kappa shape index (κ3) is 3.25. The van der Waals surface area contributed by atoms with Gasteiger partial charge in [0, 0.05) is 4.88 Å². The fraction of sp³-hybridized carbons (Fsp3) is 0.824. The molecule has 1 aliphatic rings. The van der Waals surface area contributed by atoms with Gasteiger partial charge in [-0.05, 0) is 45.1 Å². The van der Waals surface area contributed by atoms with Gasteiger partial charge in [0.05, 0.1) is 11.2 Å². The summed E-state index contributed by atoms with van der Waals surface area (Å²) in [6.45, 7) is 10.1. The van der Waals surface area contributed by atoms with Crippen molar-refractivity contribution >= 4 is 11.3 Å². The third-order valence-corrected chi connectivity index (χ3v) is 6.00. The first kappa shape index (κ1) is 16.0. The molecule has 1 saturated carbocycles. The van der Waals surface area contributed by atoms with Gasteiger partial charge in [-0.25, -0.2) is 4.98 Å². The molecule has 0 aromatic carbocycles. The molecule has 0 aliphatic heterocycles. The summed E-state index contributed by atoms with van der Waals surface area (Å²) in [5, 5.41) is 5.24. The van der Waals surface area contributed by atoms with Crippen LogP contribution in [0, 0.1) is 12.8 Å². The second-order valence-corrected chi connectivity index (χ2v) is 7.46. The van der Waals surface area contributed by atoms with Gasteiger partial charge < -0.3 is 5.32 Å². The highest BCUT2D eigenvalue weighted by Gasteiger charge is 2.39. The fourth-order valence-electron chi connectivity index (χ4n) is 3.49. The summed E-state index contributed by atoms with van der Waals surface area (Å²) >= 11 is 1.93. The number of nitrogens with one attached hydrogen (secondary N) is 1. The van der Waals surface area contributed by atoms with Gasteiger partial charge in [-0.15, -0.1) is 11.3 Å². The van der Waals surface area contributed by atoms with Crippen LogP contribution in [0.5, 0.6) is 0 Å². The molecule has 1 aromatic heterocycles. The van der Waals surface area contributed by atoms with Crippen molar-refractivity contribution in [1.29, 1.82) is 0 Å². The Kier molecular flexibility index (Phi) is 5.62. The first-order valence-corrected chi connectivity index (χ1v) is 9.18. The topological polar surface area (TPSA) is 24.9 Å². The Bertz CT molecular complexity index is 427. The molecule has 0 bridgehead atoms. The van der Waals surface area contributed by atoms with Crippen molar-refractivity contribution in [2.45, 2.75) is 78.2 Å². The largest absolute Gasteiger partial charge is 0.305 e. The number of thiazole rings is 1. The minimum atomic E-state index is 0.164. The number of hydrogen-bond acceptors (Lipinski definition) is 3. The van der Waals surface area contributed by atoms with E-state index in [9.17, 15) is 0 Å². The highest BCUT2D eigenvalue weighted by Crippen LogP contribution is 2.43. The van der Waals surface area contributed by atoms with Gasteiger partial charge in [0.1, 0.15) is 5.01 Å². The van der Waals surface area contributed by atoms with E-state index in [-0.39, 0.29) is 5.54 Å². The second kappa shape index (κ2) is 7.04. The third-order valence-electron chi connectivity index (χ3n) is 4.78. The molecule has 1 heterocycles. The van der Waals surface area contributed by atoms with Crippen LogP contribution in [-0.2, 0) is 12.0 Å².